The Morgan fingerprint density at radius 3 is 2.74 bits per heavy atom. The quantitative estimate of drug-likeness (QED) is 0.203. The summed E-state index contributed by atoms with van der Waals surface area (Å²) in [5.41, 5.74) is 0.679. The molecule has 0 bridgehead atoms. The molecular weight excluding hydrogens is 426 g/mol. The number of carbonyl (C=O) groups is 1. The van der Waals surface area contributed by atoms with Crippen LogP contribution in [0.5, 0.6) is 0 Å². The molecule has 0 spiro atoms. The van der Waals surface area contributed by atoms with Crippen molar-refractivity contribution in [2.75, 3.05) is 11.1 Å². The summed E-state index contributed by atoms with van der Waals surface area (Å²) in [6.07, 6.45) is 1.15. The molecule has 0 unspecified atom stereocenters. The van der Waals surface area contributed by atoms with Gasteiger partial charge in [-0.1, -0.05) is 11.6 Å². The third-order valence-corrected chi connectivity index (χ3v) is 6.48. The van der Waals surface area contributed by atoms with Gasteiger partial charge in [0.25, 0.3) is 5.69 Å². The van der Waals surface area contributed by atoms with Gasteiger partial charge in [-0.2, -0.15) is 0 Å². The van der Waals surface area contributed by atoms with Crippen molar-refractivity contribution in [2.45, 2.75) is 17.7 Å². The number of thioether (sulfide) groups is 1. The van der Waals surface area contributed by atoms with Crippen molar-refractivity contribution in [3.05, 3.63) is 56.2 Å². The number of nitrogens with one attached hydrogen (secondary N) is 1. The zero-order chi connectivity index (χ0) is 19.2. The van der Waals surface area contributed by atoms with Crippen LogP contribution in [0.2, 0.25) is 5.02 Å². The van der Waals surface area contributed by atoms with Crippen LogP contribution in [0.3, 0.4) is 0 Å². The van der Waals surface area contributed by atoms with E-state index in [1.165, 1.54) is 34.1 Å². The molecule has 0 radical (unpaired) electrons. The van der Waals surface area contributed by atoms with Crippen molar-refractivity contribution < 1.29 is 9.72 Å². The van der Waals surface area contributed by atoms with E-state index < -0.39 is 4.92 Å². The molecule has 6 nitrogen and oxygen atoms in total. The molecule has 10 heteroatoms. The summed E-state index contributed by atoms with van der Waals surface area (Å²) in [7, 11) is 0. The first kappa shape index (κ1) is 19.8. The molecule has 27 heavy (non-hydrogen) atoms. The van der Waals surface area contributed by atoms with Crippen LogP contribution in [0.15, 0.2) is 46.0 Å². The minimum absolute atomic E-state index is 0.0479. The zero-order valence-electron chi connectivity index (χ0n) is 13.9. The van der Waals surface area contributed by atoms with Gasteiger partial charge in [0.05, 0.1) is 20.9 Å². The number of thiazole rings is 1. The van der Waals surface area contributed by atoms with Crippen molar-refractivity contribution in [3.63, 3.8) is 0 Å². The van der Waals surface area contributed by atoms with Crippen molar-refractivity contribution in [1.29, 1.82) is 0 Å². The Morgan fingerprint density at radius 2 is 2.04 bits per heavy atom. The number of aromatic nitrogens is 1. The van der Waals surface area contributed by atoms with Gasteiger partial charge in [-0.05, 0) is 36.4 Å². The van der Waals surface area contributed by atoms with Crippen LogP contribution in [0.25, 0.3) is 10.6 Å². The summed E-state index contributed by atoms with van der Waals surface area (Å²) in [5.74, 6) is 0.738. The first-order valence-corrected chi connectivity index (χ1v) is 11.0. The summed E-state index contributed by atoms with van der Waals surface area (Å²) >= 11 is 10.1. The Labute approximate surface area is 172 Å². The molecule has 0 fully saturated rings. The van der Waals surface area contributed by atoms with Gasteiger partial charge in [-0.25, -0.2) is 4.98 Å². The smallest absolute Gasteiger partial charge is 0.280 e. The minimum Gasteiger partial charge on any atom is -0.302 e. The predicted octanol–water partition coefficient (Wildman–Crippen LogP) is 5.94. The topological polar surface area (TPSA) is 85.1 Å². The average Bonchev–Trinajstić information content (AvgIpc) is 3.29. The van der Waals surface area contributed by atoms with E-state index in [9.17, 15) is 14.9 Å². The fourth-order valence-corrected chi connectivity index (χ4v) is 4.73. The largest absolute Gasteiger partial charge is 0.302 e. The molecule has 0 atom stereocenters. The van der Waals surface area contributed by atoms with Crippen LogP contribution in [-0.2, 0) is 4.79 Å². The van der Waals surface area contributed by atoms with Crippen LogP contribution < -0.4 is 5.32 Å². The van der Waals surface area contributed by atoms with Gasteiger partial charge in [-0.15, -0.1) is 34.4 Å². The van der Waals surface area contributed by atoms with E-state index in [4.69, 9.17) is 11.6 Å². The molecule has 0 aliphatic carbocycles. The Morgan fingerprint density at radius 1 is 1.26 bits per heavy atom. The predicted molar refractivity (Wildman–Crippen MR) is 112 cm³/mol. The zero-order valence-corrected chi connectivity index (χ0v) is 17.1. The Bertz CT molecular complexity index is 940. The van der Waals surface area contributed by atoms with Gasteiger partial charge in [0.1, 0.15) is 0 Å². The van der Waals surface area contributed by atoms with Gasteiger partial charge >= 0.3 is 0 Å². The lowest BCUT2D eigenvalue weighted by Crippen LogP contribution is -2.11. The van der Waals surface area contributed by atoms with Crippen LogP contribution >= 0.6 is 46.0 Å². The van der Waals surface area contributed by atoms with E-state index >= 15 is 0 Å². The maximum absolute atomic E-state index is 12.0. The van der Waals surface area contributed by atoms with Gasteiger partial charge in [0.2, 0.25) is 5.91 Å². The molecule has 2 aromatic heterocycles. The maximum atomic E-state index is 12.0. The molecule has 1 N–H and O–H groups in total. The first-order valence-electron chi connectivity index (χ1n) is 7.88. The van der Waals surface area contributed by atoms with Crippen LogP contribution in [-0.4, -0.2) is 21.6 Å². The maximum Gasteiger partial charge on any atom is 0.280 e. The molecule has 0 aliphatic rings. The number of halogens is 1. The Hall–Kier alpha value is -1.94. The fourth-order valence-electron chi connectivity index (χ4n) is 2.14. The van der Waals surface area contributed by atoms with Gasteiger partial charge in [0, 0.05) is 27.8 Å². The number of benzene rings is 1. The Balaban J connectivity index is 1.44. The molecule has 1 amide bonds. The van der Waals surface area contributed by atoms with Crippen molar-refractivity contribution in [1.82, 2.24) is 4.98 Å². The summed E-state index contributed by atoms with van der Waals surface area (Å²) in [4.78, 5) is 28.5. The minimum atomic E-state index is -0.433. The van der Waals surface area contributed by atoms with E-state index in [1.807, 2.05) is 24.3 Å². The number of carbonyl (C=O) groups excluding carboxylic acids is 1. The third-order valence-electron chi connectivity index (χ3n) is 3.43. The van der Waals surface area contributed by atoms with Gasteiger partial charge < -0.3 is 5.32 Å². The van der Waals surface area contributed by atoms with Crippen molar-refractivity contribution >= 4 is 62.8 Å². The van der Waals surface area contributed by atoms with E-state index in [2.05, 4.69) is 10.3 Å². The van der Waals surface area contributed by atoms with Crippen molar-refractivity contribution in [3.8, 4) is 10.6 Å². The SMILES string of the molecule is O=C(CCCSc1ccc(Cl)cc1)Nc1nc(-c2cc([N+](=O)[O-])cs2)cs1. The molecule has 2 heterocycles. The van der Waals surface area contributed by atoms with E-state index in [0.29, 0.717) is 27.1 Å². The number of hydrogen-bond donors (Lipinski definition) is 1. The lowest BCUT2D eigenvalue weighted by Gasteiger charge is -2.03. The first-order chi connectivity index (χ1) is 13.0. The molecule has 0 saturated heterocycles. The molecule has 0 aliphatic heterocycles. The highest BCUT2D eigenvalue weighted by Gasteiger charge is 2.14. The molecule has 3 rings (SSSR count). The second-order valence-corrected chi connectivity index (χ2v) is 8.79. The molecule has 1 aromatic carbocycles. The molecule has 140 valence electrons. The highest BCUT2D eigenvalue weighted by atomic mass is 35.5. The number of rotatable bonds is 8. The van der Waals surface area contributed by atoms with Crippen LogP contribution in [0.4, 0.5) is 10.8 Å². The summed E-state index contributed by atoms with van der Waals surface area (Å²) in [5, 5.41) is 18.0. The fraction of sp³-hybridized carbons (Fsp3) is 0.176. The average molecular weight is 440 g/mol. The highest BCUT2D eigenvalue weighted by molar-refractivity contribution is 7.99. The van der Waals surface area contributed by atoms with Gasteiger partial charge in [0.15, 0.2) is 5.13 Å². The summed E-state index contributed by atoms with van der Waals surface area (Å²) < 4.78 is 0. The van der Waals surface area contributed by atoms with Crippen LogP contribution in [0, 0.1) is 10.1 Å². The lowest BCUT2D eigenvalue weighted by molar-refractivity contribution is -0.384. The number of amides is 1. The van der Waals surface area contributed by atoms with Crippen LogP contribution in [0.1, 0.15) is 12.8 Å². The standard InChI is InChI=1S/C17H14ClN3O3S3/c18-11-3-5-13(6-4-11)25-7-1-2-16(22)20-17-19-14(10-27-17)15-8-12(9-26-15)21(23)24/h3-6,8-10H,1-2,7H2,(H,19,20,22). The second-order valence-electron chi connectivity index (χ2n) is 5.42. The van der Waals surface area contributed by atoms with E-state index in [-0.39, 0.29) is 11.6 Å². The normalized spacial score (nSPS) is 10.7. The van der Waals surface area contributed by atoms with Gasteiger partial charge in [-0.3, -0.25) is 14.9 Å². The number of anilines is 1. The summed E-state index contributed by atoms with van der Waals surface area (Å²) in [6.45, 7) is 0. The molecular formula is C17H14ClN3O3S3. The monoisotopic (exact) mass is 439 g/mol. The number of nitrogens with zero attached hydrogens (tertiary/aromatic N) is 2. The number of hydrogen-bond acceptors (Lipinski definition) is 7. The van der Waals surface area contributed by atoms with E-state index in [1.54, 1.807) is 17.1 Å². The highest BCUT2D eigenvalue weighted by Crippen LogP contribution is 2.33. The van der Waals surface area contributed by atoms with Crippen molar-refractivity contribution in [2.24, 2.45) is 0 Å². The lowest BCUT2D eigenvalue weighted by atomic mass is 10.3. The third kappa shape index (κ3) is 5.77. The number of nitro groups is 1. The van der Waals surface area contributed by atoms with E-state index in [0.717, 1.165) is 17.1 Å². The molecule has 3 aromatic rings. The second kappa shape index (κ2) is 9.32. The Kier molecular flexibility index (Phi) is 6.84. The molecule has 0 saturated carbocycles. The number of thiophene rings is 1. The summed E-state index contributed by atoms with van der Waals surface area (Å²) in [6, 6.07) is 9.09.